The molecular formula is C13H17N3. The highest BCUT2D eigenvalue weighted by molar-refractivity contribution is 5.42. The van der Waals surface area contributed by atoms with Crippen molar-refractivity contribution in [2.45, 2.75) is 26.3 Å². The van der Waals surface area contributed by atoms with E-state index in [9.17, 15) is 0 Å². The van der Waals surface area contributed by atoms with Gasteiger partial charge < -0.3 is 5.73 Å². The average molecular weight is 215 g/mol. The number of nitrogens with zero attached hydrogens (tertiary/aromatic N) is 2. The summed E-state index contributed by atoms with van der Waals surface area (Å²) in [6.07, 6.45) is 1.96. The summed E-state index contributed by atoms with van der Waals surface area (Å²) in [7, 11) is 0. The van der Waals surface area contributed by atoms with Gasteiger partial charge in [-0.05, 0) is 23.6 Å². The van der Waals surface area contributed by atoms with Crippen molar-refractivity contribution in [3.05, 3.63) is 47.8 Å². The van der Waals surface area contributed by atoms with Gasteiger partial charge in [0.2, 0.25) is 0 Å². The molecule has 0 unspecified atom stereocenters. The second-order valence-electron chi connectivity index (χ2n) is 4.17. The van der Waals surface area contributed by atoms with Crippen molar-refractivity contribution in [3.8, 4) is 5.69 Å². The monoisotopic (exact) mass is 215 g/mol. The number of benzene rings is 1. The van der Waals surface area contributed by atoms with E-state index in [1.165, 1.54) is 5.56 Å². The van der Waals surface area contributed by atoms with E-state index in [-0.39, 0.29) is 0 Å². The van der Waals surface area contributed by atoms with Crippen LogP contribution in [0, 0.1) is 0 Å². The van der Waals surface area contributed by atoms with Crippen molar-refractivity contribution in [1.82, 2.24) is 9.78 Å². The molecule has 0 atom stereocenters. The quantitative estimate of drug-likeness (QED) is 0.854. The van der Waals surface area contributed by atoms with Crippen molar-refractivity contribution in [3.63, 3.8) is 0 Å². The number of para-hydroxylation sites is 1. The largest absolute Gasteiger partial charge is 0.325 e. The molecule has 0 radical (unpaired) electrons. The third-order valence-electron chi connectivity index (χ3n) is 2.66. The second-order valence-corrected chi connectivity index (χ2v) is 4.17. The Balaban J connectivity index is 2.46. The topological polar surface area (TPSA) is 43.8 Å². The van der Waals surface area contributed by atoms with Crippen LogP contribution in [0.15, 0.2) is 36.5 Å². The summed E-state index contributed by atoms with van der Waals surface area (Å²) >= 11 is 0. The molecule has 0 bridgehead atoms. The first-order chi connectivity index (χ1) is 7.72. The lowest BCUT2D eigenvalue weighted by molar-refractivity contribution is 0.791. The maximum atomic E-state index is 5.56. The molecular weight excluding hydrogens is 198 g/mol. The fourth-order valence-corrected chi connectivity index (χ4v) is 1.79. The molecule has 2 N–H and O–H groups in total. The van der Waals surface area contributed by atoms with E-state index in [0.717, 1.165) is 11.4 Å². The molecule has 0 saturated carbocycles. The number of hydrogen-bond donors (Lipinski definition) is 1. The van der Waals surface area contributed by atoms with Crippen LogP contribution in [-0.2, 0) is 6.54 Å². The Morgan fingerprint density at radius 1 is 1.25 bits per heavy atom. The lowest BCUT2D eigenvalue weighted by Gasteiger charge is -2.12. The molecule has 2 aromatic rings. The van der Waals surface area contributed by atoms with Crippen molar-refractivity contribution in [2.24, 2.45) is 5.73 Å². The van der Waals surface area contributed by atoms with E-state index < -0.39 is 0 Å². The summed E-state index contributed by atoms with van der Waals surface area (Å²) in [5, 5.41) is 4.43. The molecule has 0 spiro atoms. The van der Waals surface area contributed by atoms with Gasteiger partial charge in [0.1, 0.15) is 0 Å². The van der Waals surface area contributed by atoms with Gasteiger partial charge in [-0.2, -0.15) is 5.10 Å². The smallest absolute Gasteiger partial charge is 0.0764 e. The van der Waals surface area contributed by atoms with Crippen molar-refractivity contribution in [1.29, 1.82) is 0 Å². The van der Waals surface area contributed by atoms with Crippen molar-refractivity contribution >= 4 is 0 Å². The van der Waals surface area contributed by atoms with Crippen LogP contribution in [0.3, 0.4) is 0 Å². The van der Waals surface area contributed by atoms with Crippen LogP contribution in [0.1, 0.15) is 31.0 Å². The maximum absolute atomic E-state index is 5.56. The van der Waals surface area contributed by atoms with Crippen molar-refractivity contribution < 1.29 is 0 Å². The molecule has 0 aliphatic carbocycles. The molecule has 2 rings (SSSR count). The lowest BCUT2D eigenvalue weighted by Crippen LogP contribution is -2.03. The van der Waals surface area contributed by atoms with Crippen LogP contribution < -0.4 is 5.73 Å². The molecule has 16 heavy (non-hydrogen) atoms. The number of nitrogens with two attached hydrogens (primary N) is 1. The number of hydrogen-bond acceptors (Lipinski definition) is 2. The average Bonchev–Trinajstić information content (AvgIpc) is 2.77. The van der Waals surface area contributed by atoms with Gasteiger partial charge >= 0.3 is 0 Å². The Hall–Kier alpha value is -1.61. The molecule has 3 nitrogen and oxygen atoms in total. The zero-order chi connectivity index (χ0) is 11.5. The van der Waals surface area contributed by atoms with E-state index in [4.69, 9.17) is 5.73 Å². The fraction of sp³-hybridized carbons (Fsp3) is 0.308. The van der Waals surface area contributed by atoms with E-state index in [1.807, 2.05) is 23.0 Å². The first-order valence-corrected chi connectivity index (χ1v) is 5.56. The molecule has 0 fully saturated rings. The Morgan fingerprint density at radius 2 is 2.00 bits per heavy atom. The molecule has 0 saturated heterocycles. The predicted molar refractivity (Wildman–Crippen MR) is 65.5 cm³/mol. The van der Waals surface area contributed by atoms with Crippen LogP contribution >= 0.6 is 0 Å². The first kappa shape index (κ1) is 10.9. The second kappa shape index (κ2) is 4.49. The molecule has 1 aromatic carbocycles. The third kappa shape index (κ3) is 1.99. The molecule has 0 amide bonds. The van der Waals surface area contributed by atoms with Gasteiger partial charge in [0, 0.05) is 12.7 Å². The van der Waals surface area contributed by atoms with Gasteiger partial charge in [-0.25, -0.2) is 4.68 Å². The molecule has 84 valence electrons. The molecule has 0 aliphatic heterocycles. The van der Waals surface area contributed by atoms with E-state index in [0.29, 0.717) is 12.5 Å². The minimum atomic E-state index is 0.483. The Bertz CT molecular complexity index is 472. The molecule has 0 aliphatic rings. The summed E-state index contributed by atoms with van der Waals surface area (Å²) in [5.74, 6) is 0.488. The van der Waals surface area contributed by atoms with Gasteiger partial charge in [0.15, 0.2) is 0 Å². The van der Waals surface area contributed by atoms with Crippen LogP contribution in [0.25, 0.3) is 5.69 Å². The van der Waals surface area contributed by atoms with Gasteiger partial charge in [-0.3, -0.25) is 0 Å². The Morgan fingerprint density at radius 3 is 2.62 bits per heavy atom. The van der Waals surface area contributed by atoms with Crippen LogP contribution in [0.4, 0.5) is 0 Å². The van der Waals surface area contributed by atoms with Crippen LogP contribution in [0.2, 0.25) is 0 Å². The minimum Gasteiger partial charge on any atom is -0.325 e. The Kier molecular flexibility index (Phi) is 3.06. The van der Waals surface area contributed by atoms with Crippen molar-refractivity contribution in [2.75, 3.05) is 0 Å². The van der Waals surface area contributed by atoms with Crippen LogP contribution in [0.5, 0.6) is 0 Å². The van der Waals surface area contributed by atoms with Crippen LogP contribution in [-0.4, -0.2) is 9.78 Å². The summed E-state index contributed by atoms with van der Waals surface area (Å²) in [5.41, 5.74) is 8.92. The van der Waals surface area contributed by atoms with Gasteiger partial charge in [-0.1, -0.05) is 32.0 Å². The summed E-state index contributed by atoms with van der Waals surface area (Å²) in [6, 6.07) is 10.3. The summed E-state index contributed by atoms with van der Waals surface area (Å²) in [4.78, 5) is 0. The van der Waals surface area contributed by atoms with Gasteiger partial charge in [-0.15, -0.1) is 0 Å². The summed E-state index contributed by atoms with van der Waals surface area (Å²) < 4.78 is 1.90. The maximum Gasteiger partial charge on any atom is 0.0764 e. The van der Waals surface area contributed by atoms with E-state index in [1.54, 1.807) is 0 Å². The third-order valence-corrected chi connectivity index (χ3v) is 2.66. The molecule has 1 aromatic heterocycles. The lowest BCUT2D eigenvalue weighted by atomic mass is 10.0. The highest BCUT2D eigenvalue weighted by Gasteiger charge is 2.08. The first-order valence-electron chi connectivity index (χ1n) is 5.56. The molecule has 1 heterocycles. The normalized spacial score (nSPS) is 11.0. The van der Waals surface area contributed by atoms with E-state index >= 15 is 0 Å². The van der Waals surface area contributed by atoms with E-state index in [2.05, 4.69) is 37.1 Å². The standard InChI is InChI=1S/C13H17N3/c1-10(2)12-5-3-4-6-13(12)16-8-7-11(9-14)15-16/h3-8,10H,9,14H2,1-2H3. The van der Waals surface area contributed by atoms with Gasteiger partial charge in [0.25, 0.3) is 0 Å². The SMILES string of the molecule is CC(C)c1ccccc1-n1ccc(CN)n1. The molecule has 3 heteroatoms. The Labute approximate surface area is 95.9 Å². The zero-order valence-electron chi connectivity index (χ0n) is 9.72. The zero-order valence-corrected chi connectivity index (χ0v) is 9.72. The highest BCUT2D eigenvalue weighted by atomic mass is 15.3. The van der Waals surface area contributed by atoms with Gasteiger partial charge in [0.05, 0.1) is 11.4 Å². The number of aromatic nitrogens is 2. The fourth-order valence-electron chi connectivity index (χ4n) is 1.79. The number of rotatable bonds is 3. The summed E-state index contributed by atoms with van der Waals surface area (Å²) in [6.45, 7) is 4.86. The minimum absolute atomic E-state index is 0.483. The predicted octanol–water partition coefficient (Wildman–Crippen LogP) is 2.45. The highest BCUT2D eigenvalue weighted by Crippen LogP contribution is 2.22.